The van der Waals surface area contributed by atoms with Crippen LogP contribution in [0.15, 0.2) is 36.4 Å². The number of unbranched alkanes of at least 4 members (excludes halogenated alkanes) is 1. The maximum Gasteiger partial charge on any atom is 0.326 e. The van der Waals surface area contributed by atoms with Crippen molar-refractivity contribution in [3.05, 3.63) is 47.0 Å². The molecule has 5 nitrogen and oxygen atoms in total. The van der Waals surface area contributed by atoms with Crippen molar-refractivity contribution in [1.82, 2.24) is 9.88 Å². The second-order valence-electron chi connectivity index (χ2n) is 6.42. The number of nitrogens with zero attached hydrogens (tertiary/aromatic N) is 1. The highest BCUT2D eigenvalue weighted by atomic mass is 35.5. The standard InChI is InChI=1S/C20H21ClN2O3/c1-3-4-9-22-20(26)23-17-8-6-14(21)11-16(17)15-7-5-13(10-18(15)23)12(2)19(24)25/h5-8,10-12H,3-4,9H2,1-2H3,(H,22,26)(H,24,25). The SMILES string of the molecule is CCCCNC(=O)n1c2ccc(Cl)cc2c2ccc(C(C)C(=O)O)cc21. The largest absolute Gasteiger partial charge is 0.481 e. The predicted molar refractivity (Wildman–Crippen MR) is 104 cm³/mol. The van der Waals surface area contributed by atoms with Crippen LogP contribution in [-0.2, 0) is 4.79 Å². The Hall–Kier alpha value is -2.53. The number of hydrogen-bond donors (Lipinski definition) is 2. The van der Waals surface area contributed by atoms with E-state index in [4.69, 9.17) is 11.6 Å². The Morgan fingerprint density at radius 3 is 2.62 bits per heavy atom. The molecular weight excluding hydrogens is 352 g/mol. The molecule has 26 heavy (non-hydrogen) atoms. The summed E-state index contributed by atoms with van der Waals surface area (Å²) in [6, 6.07) is 10.6. The van der Waals surface area contributed by atoms with Gasteiger partial charge in [0.25, 0.3) is 0 Å². The first kappa shape index (κ1) is 18.3. The summed E-state index contributed by atoms with van der Waals surface area (Å²) in [5.41, 5.74) is 2.09. The van der Waals surface area contributed by atoms with Gasteiger partial charge in [0.2, 0.25) is 0 Å². The number of nitrogens with one attached hydrogen (secondary N) is 1. The maximum atomic E-state index is 12.8. The number of benzene rings is 2. The van der Waals surface area contributed by atoms with Crippen LogP contribution in [0.4, 0.5) is 4.79 Å². The number of amides is 1. The lowest BCUT2D eigenvalue weighted by Gasteiger charge is -2.10. The highest BCUT2D eigenvalue weighted by Crippen LogP contribution is 2.33. The van der Waals surface area contributed by atoms with Crippen LogP contribution in [0.1, 0.15) is 38.2 Å². The number of halogens is 1. The number of hydrogen-bond acceptors (Lipinski definition) is 2. The molecule has 0 aliphatic rings. The van der Waals surface area contributed by atoms with Crippen molar-refractivity contribution in [3.63, 3.8) is 0 Å². The summed E-state index contributed by atoms with van der Waals surface area (Å²) in [6.45, 7) is 4.29. The molecule has 1 unspecified atom stereocenters. The molecule has 1 atom stereocenters. The fourth-order valence-electron chi connectivity index (χ4n) is 3.09. The fourth-order valence-corrected chi connectivity index (χ4v) is 3.26. The van der Waals surface area contributed by atoms with Gasteiger partial charge < -0.3 is 10.4 Å². The number of carboxylic acid groups (broad SMARTS) is 1. The lowest BCUT2D eigenvalue weighted by atomic mass is 10.00. The minimum Gasteiger partial charge on any atom is -0.481 e. The number of carboxylic acids is 1. The fraction of sp³-hybridized carbons (Fsp3) is 0.300. The second-order valence-corrected chi connectivity index (χ2v) is 6.86. The van der Waals surface area contributed by atoms with E-state index >= 15 is 0 Å². The van der Waals surface area contributed by atoms with E-state index in [1.54, 1.807) is 29.7 Å². The Kier molecular flexibility index (Phi) is 5.18. The van der Waals surface area contributed by atoms with Crippen LogP contribution in [0, 0.1) is 0 Å². The molecule has 2 aromatic carbocycles. The van der Waals surface area contributed by atoms with Crippen molar-refractivity contribution < 1.29 is 14.7 Å². The Morgan fingerprint density at radius 2 is 1.92 bits per heavy atom. The third kappa shape index (κ3) is 3.27. The van der Waals surface area contributed by atoms with Gasteiger partial charge in [0, 0.05) is 22.3 Å². The van der Waals surface area contributed by atoms with E-state index in [2.05, 4.69) is 12.2 Å². The van der Waals surface area contributed by atoms with Crippen LogP contribution < -0.4 is 5.32 Å². The van der Waals surface area contributed by atoms with E-state index in [0.29, 0.717) is 22.6 Å². The Labute approximate surface area is 156 Å². The first-order valence-electron chi connectivity index (χ1n) is 8.68. The summed E-state index contributed by atoms with van der Waals surface area (Å²) in [5.74, 6) is -1.56. The third-order valence-corrected chi connectivity index (χ3v) is 4.87. The normalized spacial score (nSPS) is 12.4. The molecule has 136 valence electrons. The summed E-state index contributed by atoms with van der Waals surface area (Å²) < 4.78 is 1.61. The first-order valence-corrected chi connectivity index (χ1v) is 9.06. The highest BCUT2D eigenvalue weighted by Gasteiger charge is 2.19. The molecule has 0 radical (unpaired) electrons. The average molecular weight is 373 g/mol. The smallest absolute Gasteiger partial charge is 0.326 e. The average Bonchev–Trinajstić information content (AvgIpc) is 2.94. The second kappa shape index (κ2) is 7.38. The maximum absolute atomic E-state index is 12.8. The van der Waals surface area contributed by atoms with E-state index in [-0.39, 0.29) is 6.03 Å². The van der Waals surface area contributed by atoms with Gasteiger partial charge in [-0.05, 0) is 43.2 Å². The van der Waals surface area contributed by atoms with Crippen LogP contribution in [0.3, 0.4) is 0 Å². The first-order chi connectivity index (χ1) is 12.4. The number of aromatic nitrogens is 1. The van der Waals surface area contributed by atoms with Crippen LogP contribution in [-0.4, -0.2) is 28.2 Å². The summed E-state index contributed by atoms with van der Waals surface area (Å²) in [4.78, 5) is 24.2. The van der Waals surface area contributed by atoms with Gasteiger partial charge in [-0.25, -0.2) is 4.79 Å². The lowest BCUT2D eigenvalue weighted by molar-refractivity contribution is -0.138. The summed E-state index contributed by atoms with van der Waals surface area (Å²) in [7, 11) is 0. The van der Waals surface area contributed by atoms with Crippen molar-refractivity contribution >= 4 is 45.4 Å². The molecule has 1 amide bonds. The topological polar surface area (TPSA) is 71.3 Å². The summed E-state index contributed by atoms with van der Waals surface area (Å²) in [5, 5.41) is 14.6. The van der Waals surface area contributed by atoms with Crippen LogP contribution in [0.25, 0.3) is 21.8 Å². The quantitative estimate of drug-likeness (QED) is 0.619. The van der Waals surface area contributed by atoms with E-state index < -0.39 is 11.9 Å². The highest BCUT2D eigenvalue weighted by molar-refractivity contribution is 6.32. The zero-order chi connectivity index (χ0) is 18.8. The third-order valence-electron chi connectivity index (χ3n) is 4.63. The van der Waals surface area contributed by atoms with Gasteiger partial charge >= 0.3 is 12.0 Å². The molecule has 0 saturated carbocycles. The van der Waals surface area contributed by atoms with Gasteiger partial charge in [0.15, 0.2) is 0 Å². The molecule has 3 aromatic rings. The van der Waals surface area contributed by atoms with Crippen molar-refractivity contribution in [2.24, 2.45) is 0 Å². The lowest BCUT2D eigenvalue weighted by Crippen LogP contribution is -2.29. The molecule has 0 saturated heterocycles. The van der Waals surface area contributed by atoms with Gasteiger partial charge in [-0.2, -0.15) is 0 Å². The van der Waals surface area contributed by atoms with E-state index in [1.165, 1.54) is 0 Å². The number of fused-ring (bicyclic) bond motifs is 3. The molecule has 0 spiro atoms. The summed E-state index contributed by atoms with van der Waals surface area (Å²) >= 11 is 6.15. The zero-order valence-corrected chi connectivity index (χ0v) is 15.5. The van der Waals surface area contributed by atoms with Gasteiger partial charge in [-0.3, -0.25) is 9.36 Å². The van der Waals surface area contributed by atoms with Crippen molar-refractivity contribution in [3.8, 4) is 0 Å². The van der Waals surface area contributed by atoms with Crippen molar-refractivity contribution in [2.75, 3.05) is 6.54 Å². The van der Waals surface area contributed by atoms with Crippen LogP contribution in [0.5, 0.6) is 0 Å². The zero-order valence-electron chi connectivity index (χ0n) is 14.8. The van der Waals surface area contributed by atoms with Gasteiger partial charge in [0.05, 0.1) is 17.0 Å². The predicted octanol–water partition coefficient (Wildman–Crippen LogP) is 4.99. The minimum absolute atomic E-state index is 0.221. The Morgan fingerprint density at radius 1 is 1.15 bits per heavy atom. The molecule has 3 rings (SSSR count). The molecule has 0 fully saturated rings. The number of rotatable bonds is 5. The van der Waals surface area contributed by atoms with E-state index in [0.717, 1.165) is 29.1 Å². The molecule has 2 N–H and O–H groups in total. The number of aliphatic carboxylic acids is 1. The number of carbonyl (C=O) groups excluding carboxylic acids is 1. The van der Waals surface area contributed by atoms with Crippen molar-refractivity contribution in [1.29, 1.82) is 0 Å². The van der Waals surface area contributed by atoms with Crippen molar-refractivity contribution in [2.45, 2.75) is 32.6 Å². The van der Waals surface area contributed by atoms with Gasteiger partial charge in [-0.1, -0.05) is 37.1 Å². The monoisotopic (exact) mass is 372 g/mol. The molecule has 6 heteroatoms. The van der Waals surface area contributed by atoms with E-state index in [1.807, 2.05) is 18.2 Å². The van der Waals surface area contributed by atoms with Crippen LogP contribution in [0.2, 0.25) is 5.02 Å². The molecule has 0 aliphatic carbocycles. The summed E-state index contributed by atoms with van der Waals surface area (Å²) in [6.07, 6.45) is 1.89. The Bertz CT molecular complexity index is 994. The molecule has 1 heterocycles. The van der Waals surface area contributed by atoms with Gasteiger partial charge in [0.1, 0.15) is 0 Å². The number of carbonyl (C=O) groups is 2. The molecule has 1 aromatic heterocycles. The van der Waals surface area contributed by atoms with Crippen LogP contribution >= 0.6 is 11.6 Å². The minimum atomic E-state index is -0.901. The van der Waals surface area contributed by atoms with Gasteiger partial charge in [-0.15, -0.1) is 0 Å². The molecular formula is C20H21ClN2O3. The van der Waals surface area contributed by atoms with E-state index in [9.17, 15) is 14.7 Å². The molecule has 0 bridgehead atoms. The Balaban J connectivity index is 2.21. The molecule has 0 aliphatic heterocycles.